The maximum Gasteiger partial charge on any atom is 0.433 e. The Labute approximate surface area is 190 Å². The van der Waals surface area contributed by atoms with Gasteiger partial charge in [-0.1, -0.05) is 6.07 Å². The monoisotopic (exact) mass is 472 g/mol. The molecule has 2 aromatic carbocycles. The van der Waals surface area contributed by atoms with Gasteiger partial charge in [0.2, 0.25) is 5.89 Å². The number of hydrogen-bond acceptors (Lipinski definition) is 6. The van der Waals surface area contributed by atoms with Gasteiger partial charge in [0.15, 0.2) is 17.3 Å². The summed E-state index contributed by atoms with van der Waals surface area (Å²) in [5, 5.41) is 2.88. The van der Waals surface area contributed by atoms with E-state index in [4.69, 9.17) is 14.9 Å². The number of alkyl halides is 3. The van der Waals surface area contributed by atoms with Crippen molar-refractivity contribution in [3.05, 3.63) is 77.1 Å². The topological polar surface area (TPSA) is 103 Å². The number of benzene rings is 1. The maximum absolute atomic E-state index is 13.2. The first-order chi connectivity index (χ1) is 16.2. The summed E-state index contributed by atoms with van der Waals surface area (Å²) in [7, 11) is 1.31. The molecule has 0 unspecified atom stereocenters. The van der Waals surface area contributed by atoms with Gasteiger partial charge in [0.05, 0.1) is 20.2 Å². The first-order valence-corrected chi connectivity index (χ1v) is 9.83. The van der Waals surface area contributed by atoms with E-state index in [1.807, 2.05) is 0 Å². The van der Waals surface area contributed by atoms with Crippen LogP contribution >= 0.6 is 0 Å². The van der Waals surface area contributed by atoms with Gasteiger partial charge >= 0.3 is 6.18 Å². The lowest BCUT2D eigenvalue weighted by Crippen LogP contribution is -2.24. The predicted octanol–water partition coefficient (Wildman–Crippen LogP) is 4.05. The number of carbonyl (C=O) groups excluding carboxylic acids is 1. The van der Waals surface area contributed by atoms with Crippen molar-refractivity contribution in [2.75, 3.05) is 7.11 Å². The van der Waals surface area contributed by atoms with E-state index in [9.17, 15) is 22.4 Å². The van der Waals surface area contributed by atoms with Crippen molar-refractivity contribution in [2.45, 2.75) is 19.3 Å². The van der Waals surface area contributed by atoms with E-state index >= 15 is 0 Å². The summed E-state index contributed by atoms with van der Waals surface area (Å²) >= 11 is 0. The van der Waals surface area contributed by atoms with Gasteiger partial charge in [-0.15, -0.1) is 0 Å². The molecule has 0 atom stereocenters. The molecule has 4 rings (SSSR count). The molecule has 0 aliphatic rings. The molecule has 4 aromatic rings. The van der Waals surface area contributed by atoms with Crippen molar-refractivity contribution in [1.29, 1.82) is 0 Å². The molecule has 3 N–H and O–H groups in total. The molecule has 2 aromatic heterocycles. The molecule has 1 amide bonds. The quantitative estimate of drug-likeness (QED) is 0.411. The van der Waals surface area contributed by atoms with Gasteiger partial charge < -0.3 is 20.2 Å². The van der Waals surface area contributed by atoms with Crippen molar-refractivity contribution >= 4 is 16.8 Å². The number of carbonyl (C=O) groups is 1. The van der Waals surface area contributed by atoms with Crippen LogP contribution in [0.1, 0.15) is 27.5 Å². The van der Waals surface area contributed by atoms with Gasteiger partial charge in [0.1, 0.15) is 17.0 Å². The first-order valence-electron chi connectivity index (χ1n) is 9.83. The molecule has 0 radical (unpaired) electrons. The lowest BCUT2D eigenvalue weighted by Gasteiger charge is -2.11. The normalized spacial score (nSPS) is 11.4. The standard InChI is InChI=1S/C23H16F4N4O3/c1-33-16-8-6-15(14-7-9-18(23(25,26)27)30-19(14)16)22-31-20(17(10-28)34-22)21(32)29-11-12-2-4-13(24)5-3-12/h2,4,6-9H,10-11,28H2,1H3,(H,29,32). The van der Waals surface area contributed by atoms with Crippen molar-refractivity contribution in [3.63, 3.8) is 0 Å². The SMILES string of the molecule is COc1ccc(-c2nc(C(=O)NCc3c#cc(F)cc3)c(CN)o2)c2ccc(C(F)(F)F)nc12. The van der Waals surface area contributed by atoms with E-state index in [0.29, 0.717) is 11.1 Å². The van der Waals surface area contributed by atoms with E-state index in [-0.39, 0.29) is 47.1 Å². The Morgan fingerprint density at radius 2 is 1.94 bits per heavy atom. The molecule has 2 heterocycles. The van der Waals surface area contributed by atoms with Crippen LogP contribution in [0, 0.1) is 17.9 Å². The van der Waals surface area contributed by atoms with Gasteiger partial charge in [0.25, 0.3) is 5.91 Å². The number of oxazole rings is 1. The molecule has 7 nitrogen and oxygen atoms in total. The fourth-order valence-corrected chi connectivity index (χ4v) is 3.24. The van der Waals surface area contributed by atoms with Crippen LogP contribution in [0.4, 0.5) is 17.6 Å². The highest BCUT2D eigenvalue weighted by Gasteiger charge is 2.33. The summed E-state index contributed by atoms with van der Waals surface area (Å²) in [6.45, 7) is -0.131. The third kappa shape index (κ3) is 4.49. The highest BCUT2D eigenvalue weighted by Crippen LogP contribution is 2.36. The third-order valence-corrected chi connectivity index (χ3v) is 4.87. The minimum Gasteiger partial charge on any atom is -0.494 e. The number of fused-ring (bicyclic) bond motifs is 1. The van der Waals surface area contributed by atoms with Crippen molar-refractivity contribution in [2.24, 2.45) is 5.73 Å². The Balaban J connectivity index is 1.70. The minimum atomic E-state index is -4.64. The molecule has 0 bridgehead atoms. The molecule has 0 saturated carbocycles. The van der Waals surface area contributed by atoms with Crippen LogP contribution in [0.3, 0.4) is 0 Å². The number of ether oxygens (including phenoxy) is 1. The zero-order valence-electron chi connectivity index (χ0n) is 17.6. The number of amides is 1. The fraction of sp³-hybridized carbons (Fsp3) is 0.174. The zero-order chi connectivity index (χ0) is 24.5. The van der Waals surface area contributed by atoms with Gasteiger partial charge in [-0.2, -0.15) is 17.6 Å². The Hall–Kier alpha value is -4.17. The summed E-state index contributed by atoms with van der Waals surface area (Å²) in [4.78, 5) is 20.6. The molecule has 0 fully saturated rings. The summed E-state index contributed by atoms with van der Waals surface area (Å²) in [6, 6.07) is 12.5. The molecule has 0 aliphatic heterocycles. The van der Waals surface area contributed by atoms with E-state index in [1.54, 1.807) is 0 Å². The van der Waals surface area contributed by atoms with Crippen molar-refractivity contribution in [1.82, 2.24) is 15.3 Å². The molecule has 0 aliphatic carbocycles. The lowest BCUT2D eigenvalue weighted by molar-refractivity contribution is -0.140. The summed E-state index contributed by atoms with van der Waals surface area (Å²) in [6.07, 6.45) is -4.64. The predicted molar refractivity (Wildman–Crippen MR) is 112 cm³/mol. The van der Waals surface area contributed by atoms with Gasteiger partial charge in [-0.3, -0.25) is 4.79 Å². The molecule has 0 spiro atoms. The summed E-state index contributed by atoms with van der Waals surface area (Å²) in [5.74, 6) is -1.01. The van der Waals surface area contributed by atoms with Gasteiger partial charge in [-0.25, -0.2) is 9.97 Å². The number of pyridine rings is 1. The second-order valence-corrected chi connectivity index (χ2v) is 7.04. The van der Waals surface area contributed by atoms with E-state index in [2.05, 4.69) is 27.4 Å². The number of rotatable bonds is 6. The Morgan fingerprint density at radius 1 is 1.15 bits per heavy atom. The summed E-state index contributed by atoms with van der Waals surface area (Å²) in [5.41, 5.74) is 5.27. The number of nitrogens with one attached hydrogen (secondary N) is 1. The Kier molecular flexibility index (Phi) is 6.08. The zero-order valence-corrected chi connectivity index (χ0v) is 17.6. The highest BCUT2D eigenvalue weighted by atomic mass is 19.4. The second-order valence-electron chi connectivity index (χ2n) is 7.04. The maximum atomic E-state index is 13.2. The highest BCUT2D eigenvalue weighted by molar-refractivity contribution is 5.98. The summed E-state index contributed by atoms with van der Waals surface area (Å²) < 4.78 is 63.3. The van der Waals surface area contributed by atoms with Crippen molar-refractivity contribution in [3.8, 4) is 17.2 Å². The molecule has 0 saturated heterocycles. The van der Waals surface area contributed by atoms with E-state index in [1.165, 1.54) is 37.4 Å². The molecule has 174 valence electrons. The lowest BCUT2D eigenvalue weighted by atomic mass is 10.1. The average molecular weight is 472 g/mol. The van der Waals surface area contributed by atoms with Crippen LogP contribution in [0.25, 0.3) is 22.4 Å². The number of halogens is 4. The van der Waals surface area contributed by atoms with Crippen LogP contribution in [0.2, 0.25) is 0 Å². The number of nitrogens with two attached hydrogens (primary N) is 1. The molecular weight excluding hydrogens is 456 g/mol. The molecule has 11 heteroatoms. The molecule has 34 heavy (non-hydrogen) atoms. The smallest absolute Gasteiger partial charge is 0.433 e. The number of methoxy groups -OCH3 is 1. The van der Waals surface area contributed by atoms with E-state index < -0.39 is 23.6 Å². The van der Waals surface area contributed by atoms with Gasteiger partial charge in [-0.05, 0) is 42.5 Å². The van der Waals surface area contributed by atoms with Crippen LogP contribution in [-0.2, 0) is 19.3 Å². The van der Waals surface area contributed by atoms with E-state index in [0.717, 1.165) is 6.07 Å². The Morgan fingerprint density at radius 3 is 2.59 bits per heavy atom. The number of nitrogens with zero attached hydrogens (tertiary/aromatic N) is 2. The van der Waals surface area contributed by atoms with Crippen LogP contribution in [-0.4, -0.2) is 23.0 Å². The number of hydrogen-bond donors (Lipinski definition) is 2. The Bertz CT molecular complexity index is 1350. The van der Waals surface area contributed by atoms with Crippen LogP contribution in [0.5, 0.6) is 5.75 Å². The largest absolute Gasteiger partial charge is 0.494 e. The molecular formula is C23H16F4N4O3. The number of aromatic nitrogens is 2. The first kappa shape index (κ1) is 23.0. The third-order valence-electron chi connectivity index (χ3n) is 4.87. The van der Waals surface area contributed by atoms with Crippen molar-refractivity contribution < 1.29 is 31.5 Å². The van der Waals surface area contributed by atoms with Crippen LogP contribution < -0.4 is 15.8 Å². The second kappa shape index (κ2) is 8.99. The minimum absolute atomic E-state index is 0.0252. The van der Waals surface area contributed by atoms with Crippen LogP contribution in [0.15, 0.2) is 40.8 Å². The fourth-order valence-electron chi connectivity index (χ4n) is 3.24. The van der Waals surface area contributed by atoms with Gasteiger partial charge in [0, 0.05) is 16.5 Å². The average Bonchev–Trinajstić information content (AvgIpc) is 3.26.